The summed E-state index contributed by atoms with van der Waals surface area (Å²) in [6.45, 7) is 2.04. The highest BCUT2D eigenvalue weighted by atomic mass is 32.1. The van der Waals surface area contributed by atoms with E-state index in [4.69, 9.17) is 0 Å². The van der Waals surface area contributed by atoms with Crippen LogP contribution in [0.4, 0.5) is 0 Å². The molecule has 2 aromatic rings. The van der Waals surface area contributed by atoms with Crippen LogP contribution in [0, 0.1) is 0 Å². The number of thiazole rings is 1. The van der Waals surface area contributed by atoms with E-state index in [0.717, 1.165) is 42.8 Å². The number of aromatic nitrogens is 1. The minimum absolute atomic E-state index is 0.0473. The molecule has 1 saturated heterocycles. The fourth-order valence-electron chi connectivity index (χ4n) is 3.27. The van der Waals surface area contributed by atoms with Crippen LogP contribution in [0.5, 0.6) is 0 Å². The van der Waals surface area contributed by atoms with E-state index >= 15 is 0 Å². The van der Waals surface area contributed by atoms with Gasteiger partial charge in [-0.2, -0.15) is 0 Å². The Balaban J connectivity index is 1.27. The minimum atomic E-state index is -0.151. The quantitative estimate of drug-likeness (QED) is 0.652. The van der Waals surface area contributed by atoms with Crippen molar-refractivity contribution >= 4 is 29.1 Å². The Kier molecular flexibility index (Phi) is 5.89. The lowest BCUT2D eigenvalue weighted by molar-refractivity contribution is -0.127. The van der Waals surface area contributed by atoms with Gasteiger partial charge in [0.15, 0.2) is 0 Å². The second-order valence-electron chi connectivity index (χ2n) is 7.45. The number of carbonyl (C=O) groups is 3. The van der Waals surface area contributed by atoms with Crippen molar-refractivity contribution in [2.45, 2.75) is 38.1 Å². The molecule has 0 bridgehead atoms. The highest BCUT2D eigenvalue weighted by molar-refractivity contribution is 7.16. The number of nitrogens with one attached hydrogen (secondary N) is 2. The molecule has 1 aliphatic heterocycles. The molecule has 0 unspecified atom stereocenters. The molecule has 2 fully saturated rings. The van der Waals surface area contributed by atoms with Crippen LogP contribution in [0.25, 0.3) is 10.6 Å². The van der Waals surface area contributed by atoms with Gasteiger partial charge in [-0.1, -0.05) is 12.1 Å². The van der Waals surface area contributed by atoms with Gasteiger partial charge in [-0.15, -0.1) is 11.3 Å². The lowest BCUT2D eigenvalue weighted by Gasteiger charge is -2.15. The summed E-state index contributed by atoms with van der Waals surface area (Å²) in [5, 5.41) is 6.60. The topological polar surface area (TPSA) is 91.4 Å². The van der Waals surface area contributed by atoms with Crippen LogP contribution in [-0.4, -0.2) is 53.3 Å². The second kappa shape index (κ2) is 8.73. The van der Waals surface area contributed by atoms with E-state index in [-0.39, 0.29) is 17.7 Å². The van der Waals surface area contributed by atoms with Crippen molar-refractivity contribution in [3.05, 3.63) is 40.9 Å². The number of nitrogens with zero attached hydrogens (tertiary/aromatic N) is 2. The molecule has 1 aromatic carbocycles. The first-order valence-corrected chi connectivity index (χ1v) is 10.8. The molecule has 0 radical (unpaired) electrons. The van der Waals surface area contributed by atoms with Crippen LogP contribution in [0.1, 0.15) is 52.1 Å². The summed E-state index contributed by atoms with van der Waals surface area (Å²) in [6.07, 6.45) is 6.01. The number of hydrogen-bond donors (Lipinski definition) is 2. The predicted molar refractivity (Wildman–Crippen MR) is 111 cm³/mol. The van der Waals surface area contributed by atoms with Gasteiger partial charge in [0.05, 0.1) is 6.20 Å². The molecule has 0 spiro atoms. The number of rotatable bonds is 8. The van der Waals surface area contributed by atoms with Gasteiger partial charge in [0, 0.05) is 43.2 Å². The molecule has 2 aliphatic rings. The normalized spacial score (nSPS) is 16.1. The maximum absolute atomic E-state index is 12.3. The summed E-state index contributed by atoms with van der Waals surface area (Å²) < 4.78 is 0. The smallest absolute Gasteiger partial charge is 0.263 e. The molecule has 1 saturated carbocycles. The molecule has 2 N–H and O–H groups in total. The summed E-state index contributed by atoms with van der Waals surface area (Å²) in [7, 11) is 0. The number of benzene rings is 1. The maximum atomic E-state index is 12.3. The Morgan fingerprint density at radius 2 is 1.97 bits per heavy atom. The molecule has 7 nitrogen and oxygen atoms in total. The van der Waals surface area contributed by atoms with Gasteiger partial charge in [0.25, 0.3) is 11.8 Å². The molecule has 4 rings (SSSR count). The van der Waals surface area contributed by atoms with Crippen LogP contribution >= 0.6 is 11.3 Å². The number of hydrogen-bond acceptors (Lipinski definition) is 5. The van der Waals surface area contributed by atoms with Crippen LogP contribution in [-0.2, 0) is 4.79 Å². The lowest BCUT2D eigenvalue weighted by Crippen LogP contribution is -2.30. The Bertz CT molecular complexity index is 905. The summed E-state index contributed by atoms with van der Waals surface area (Å²) in [5.41, 5.74) is 1.51. The Hall–Kier alpha value is -2.74. The van der Waals surface area contributed by atoms with Crippen molar-refractivity contribution in [2.75, 3.05) is 19.6 Å². The lowest BCUT2D eigenvalue weighted by atomic mass is 10.1. The van der Waals surface area contributed by atoms with Gasteiger partial charge in [-0.05, 0) is 37.8 Å². The third-order valence-corrected chi connectivity index (χ3v) is 6.14. The molecule has 1 aromatic heterocycles. The molecule has 1 aliphatic carbocycles. The second-order valence-corrected chi connectivity index (χ2v) is 8.48. The highest BCUT2D eigenvalue weighted by Crippen LogP contribution is 2.26. The summed E-state index contributed by atoms with van der Waals surface area (Å²) in [4.78, 5) is 42.7. The van der Waals surface area contributed by atoms with E-state index in [1.54, 1.807) is 18.3 Å². The molecular weight excluding hydrogens is 388 g/mol. The maximum Gasteiger partial charge on any atom is 0.263 e. The van der Waals surface area contributed by atoms with E-state index in [1.165, 1.54) is 11.3 Å². The van der Waals surface area contributed by atoms with Gasteiger partial charge in [-0.3, -0.25) is 14.4 Å². The Labute approximate surface area is 173 Å². The van der Waals surface area contributed by atoms with Gasteiger partial charge >= 0.3 is 0 Å². The molecule has 0 atom stereocenters. The van der Waals surface area contributed by atoms with E-state index in [1.807, 2.05) is 17.0 Å². The SMILES string of the molecule is O=C(NC1CC1)c1ccc(-c2ncc(C(=O)NCCCN3CCCC3=O)s2)cc1. The minimum Gasteiger partial charge on any atom is -0.351 e. The first kappa shape index (κ1) is 19.6. The largest absolute Gasteiger partial charge is 0.351 e. The van der Waals surface area contributed by atoms with Crippen molar-refractivity contribution in [1.82, 2.24) is 20.5 Å². The third kappa shape index (κ3) is 5.00. The zero-order chi connectivity index (χ0) is 20.2. The average Bonchev–Trinajstić information content (AvgIpc) is 3.24. The Morgan fingerprint density at radius 3 is 2.66 bits per heavy atom. The van der Waals surface area contributed by atoms with Gasteiger partial charge in [-0.25, -0.2) is 4.98 Å². The number of amides is 3. The highest BCUT2D eigenvalue weighted by Gasteiger charge is 2.24. The van der Waals surface area contributed by atoms with E-state index < -0.39 is 0 Å². The van der Waals surface area contributed by atoms with Crippen LogP contribution in [0.3, 0.4) is 0 Å². The molecular formula is C21H24N4O3S. The van der Waals surface area contributed by atoms with Gasteiger partial charge < -0.3 is 15.5 Å². The summed E-state index contributed by atoms with van der Waals surface area (Å²) in [6, 6.07) is 7.62. The van der Waals surface area contributed by atoms with E-state index in [2.05, 4.69) is 15.6 Å². The third-order valence-electron chi connectivity index (χ3n) is 5.10. The number of carbonyl (C=O) groups excluding carboxylic acids is 3. The molecule has 2 heterocycles. The summed E-state index contributed by atoms with van der Waals surface area (Å²) in [5.74, 6) is 0.00952. The van der Waals surface area contributed by atoms with Crippen LogP contribution in [0.2, 0.25) is 0 Å². The first-order chi connectivity index (χ1) is 14.1. The van der Waals surface area contributed by atoms with Crippen LogP contribution in [0.15, 0.2) is 30.5 Å². The molecule has 8 heteroatoms. The van der Waals surface area contributed by atoms with E-state index in [9.17, 15) is 14.4 Å². The van der Waals surface area contributed by atoms with Gasteiger partial charge in [0.1, 0.15) is 9.88 Å². The summed E-state index contributed by atoms with van der Waals surface area (Å²) >= 11 is 1.32. The monoisotopic (exact) mass is 412 g/mol. The van der Waals surface area contributed by atoms with Crippen molar-refractivity contribution in [1.29, 1.82) is 0 Å². The Morgan fingerprint density at radius 1 is 1.17 bits per heavy atom. The van der Waals surface area contributed by atoms with Crippen LogP contribution < -0.4 is 10.6 Å². The predicted octanol–water partition coefficient (Wildman–Crippen LogP) is 2.44. The molecule has 152 valence electrons. The van der Waals surface area contributed by atoms with Crippen molar-refractivity contribution < 1.29 is 14.4 Å². The first-order valence-electron chi connectivity index (χ1n) is 10.0. The number of likely N-dealkylation sites (tertiary alicyclic amines) is 1. The van der Waals surface area contributed by atoms with Gasteiger partial charge in [0.2, 0.25) is 5.91 Å². The fraction of sp³-hybridized carbons (Fsp3) is 0.429. The van der Waals surface area contributed by atoms with E-state index in [0.29, 0.717) is 36.0 Å². The van der Waals surface area contributed by atoms with Crippen molar-refractivity contribution in [3.8, 4) is 10.6 Å². The average molecular weight is 413 g/mol. The zero-order valence-corrected chi connectivity index (χ0v) is 17.0. The zero-order valence-electron chi connectivity index (χ0n) is 16.1. The molecule has 29 heavy (non-hydrogen) atoms. The molecule has 3 amide bonds. The fourth-order valence-corrected chi connectivity index (χ4v) is 4.11. The van der Waals surface area contributed by atoms with Crippen molar-refractivity contribution in [3.63, 3.8) is 0 Å². The standard InChI is InChI=1S/C21H24N4O3S/c26-18-3-1-11-25(18)12-2-10-22-20(28)17-13-23-21(29-17)15-6-4-14(5-7-15)19(27)24-16-8-9-16/h4-7,13,16H,1-3,8-12H2,(H,22,28)(H,24,27). The van der Waals surface area contributed by atoms with Crippen molar-refractivity contribution in [2.24, 2.45) is 0 Å².